The second-order valence-corrected chi connectivity index (χ2v) is 9.36. The zero-order valence-corrected chi connectivity index (χ0v) is 16.0. The molecule has 142 valence electrons. The minimum Gasteiger partial charge on any atom is -0.342 e. The first-order valence-electron chi connectivity index (χ1n) is 8.84. The predicted molar refractivity (Wildman–Crippen MR) is 98.5 cm³/mol. The molecule has 0 spiro atoms. The van der Waals surface area contributed by atoms with E-state index in [0.29, 0.717) is 38.3 Å². The van der Waals surface area contributed by atoms with Crippen LogP contribution in [0.15, 0.2) is 24.3 Å². The monoisotopic (exact) mass is 379 g/mol. The number of sulfone groups is 1. The molecule has 7 nitrogen and oxygen atoms in total. The molecular weight excluding hydrogens is 354 g/mol. The molecule has 2 heterocycles. The van der Waals surface area contributed by atoms with Gasteiger partial charge in [-0.25, -0.2) is 8.42 Å². The van der Waals surface area contributed by atoms with Gasteiger partial charge >= 0.3 is 0 Å². The standard InChI is InChI=1S/C18H25N3O4S/c1-14-17(22)19(2)7-8-21(14)18(23)16-5-3-15(4-6-16)13-20-9-11-26(24,25)12-10-20/h3-6,14H,7-13H2,1-2H3/t14-/m0/s1. The van der Waals surface area contributed by atoms with Crippen molar-refractivity contribution in [3.63, 3.8) is 0 Å². The van der Waals surface area contributed by atoms with Crippen molar-refractivity contribution in [2.45, 2.75) is 19.5 Å². The van der Waals surface area contributed by atoms with Gasteiger partial charge in [-0.1, -0.05) is 12.1 Å². The zero-order valence-electron chi connectivity index (χ0n) is 15.2. The summed E-state index contributed by atoms with van der Waals surface area (Å²) in [6, 6.07) is 6.93. The van der Waals surface area contributed by atoms with Crippen molar-refractivity contribution in [1.82, 2.24) is 14.7 Å². The Morgan fingerprint density at radius 2 is 1.69 bits per heavy atom. The maximum absolute atomic E-state index is 12.7. The molecule has 0 saturated carbocycles. The number of hydrogen-bond donors (Lipinski definition) is 0. The quantitative estimate of drug-likeness (QED) is 0.751. The minimum atomic E-state index is -2.87. The van der Waals surface area contributed by atoms with Crippen LogP contribution in [-0.4, -0.2) is 85.7 Å². The van der Waals surface area contributed by atoms with E-state index in [2.05, 4.69) is 4.90 Å². The van der Waals surface area contributed by atoms with Crippen molar-refractivity contribution >= 4 is 21.7 Å². The molecule has 2 amide bonds. The molecule has 0 N–H and O–H groups in total. The number of carbonyl (C=O) groups is 2. The second-order valence-electron chi connectivity index (χ2n) is 7.06. The van der Waals surface area contributed by atoms with Gasteiger partial charge in [0.2, 0.25) is 5.91 Å². The molecule has 2 aliphatic heterocycles. The van der Waals surface area contributed by atoms with Crippen LogP contribution in [0.4, 0.5) is 0 Å². The molecule has 0 aromatic heterocycles. The van der Waals surface area contributed by atoms with Crippen LogP contribution in [0.5, 0.6) is 0 Å². The summed E-state index contributed by atoms with van der Waals surface area (Å²) in [6.07, 6.45) is 0. The average molecular weight is 379 g/mol. The van der Waals surface area contributed by atoms with E-state index in [1.54, 1.807) is 35.9 Å². The van der Waals surface area contributed by atoms with Crippen LogP contribution in [0.1, 0.15) is 22.8 Å². The van der Waals surface area contributed by atoms with Crippen molar-refractivity contribution in [2.75, 3.05) is 44.7 Å². The Labute approximate surface area is 154 Å². The van der Waals surface area contributed by atoms with E-state index >= 15 is 0 Å². The van der Waals surface area contributed by atoms with Crippen LogP contribution < -0.4 is 0 Å². The number of hydrogen-bond acceptors (Lipinski definition) is 5. The summed E-state index contributed by atoms with van der Waals surface area (Å²) in [5.41, 5.74) is 1.61. The van der Waals surface area contributed by atoms with Crippen LogP contribution in [-0.2, 0) is 21.2 Å². The van der Waals surface area contributed by atoms with Gasteiger partial charge in [0.15, 0.2) is 9.84 Å². The first-order chi connectivity index (χ1) is 12.3. The third-order valence-electron chi connectivity index (χ3n) is 5.18. The third-order valence-corrected chi connectivity index (χ3v) is 6.79. The van der Waals surface area contributed by atoms with Gasteiger partial charge in [-0.15, -0.1) is 0 Å². The summed E-state index contributed by atoms with van der Waals surface area (Å²) in [6.45, 7) is 4.60. The fourth-order valence-corrected chi connectivity index (χ4v) is 4.65. The maximum atomic E-state index is 12.7. The number of likely N-dealkylation sites (N-methyl/N-ethyl adjacent to an activating group) is 1. The lowest BCUT2D eigenvalue weighted by Gasteiger charge is -2.37. The summed E-state index contributed by atoms with van der Waals surface area (Å²) in [7, 11) is -1.12. The van der Waals surface area contributed by atoms with Crippen LogP contribution in [0.25, 0.3) is 0 Å². The van der Waals surface area contributed by atoms with Crippen molar-refractivity contribution < 1.29 is 18.0 Å². The average Bonchev–Trinajstić information content (AvgIpc) is 2.62. The summed E-state index contributed by atoms with van der Waals surface area (Å²) in [4.78, 5) is 30.2. The predicted octanol–water partition coefficient (Wildman–Crippen LogP) is 0.220. The van der Waals surface area contributed by atoms with E-state index in [1.807, 2.05) is 12.1 Å². The van der Waals surface area contributed by atoms with Gasteiger partial charge in [-0.3, -0.25) is 14.5 Å². The van der Waals surface area contributed by atoms with Gasteiger partial charge in [0.05, 0.1) is 11.5 Å². The zero-order chi connectivity index (χ0) is 18.9. The van der Waals surface area contributed by atoms with Gasteiger partial charge in [-0.2, -0.15) is 0 Å². The Morgan fingerprint density at radius 3 is 2.31 bits per heavy atom. The summed E-state index contributed by atoms with van der Waals surface area (Å²) < 4.78 is 23.0. The Balaban J connectivity index is 1.62. The number of piperazine rings is 1. The fourth-order valence-electron chi connectivity index (χ4n) is 3.38. The summed E-state index contributed by atoms with van der Waals surface area (Å²) in [5, 5.41) is 0. The van der Waals surface area contributed by atoms with Gasteiger partial charge in [0.1, 0.15) is 6.04 Å². The summed E-state index contributed by atoms with van der Waals surface area (Å²) in [5.74, 6) is 0.244. The first-order valence-corrected chi connectivity index (χ1v) is 10.7. The molecule has 1 aromatic rings. The van der Waals surface area contributed by atoms with Crippen LogP contribution in [0, 0.1) is 0 Å². The molecule has 3 rings (SSSR count). The lowest BCUT2D eigenvalue weighted by atomic mass is 10.1. The van der Waals surface area contributed by atoms with Crippen molar-refractivity contribution in [1.29, 1.82) is 0 Å². The number of rotatable bonds is 3. The topological polar surface area (TPSA) is 78.0 Å². The third kappa shape index (κ3) is 4.07. The smallest absolute Gasteiger partial charge is 0.254 e. The van der Waals surface area contributed by atoms with E-state index in [9.17, 15) is 18.0 Å². The van der Waals surface area contributed by atoms with Gasteiger partial charge in [0.25, 0.3) is 5.91 Å². The molecule has 0 bridgehead atoms. The molecule has 0 radical (unpaired) electrons. The van der Waals surface area contributed by atoms with Crippen molar-refractivity contribution in [3.8, 4) is 0 Å². The highest BCUT2D eigenvalue weighted by molar-refractivity contribution is 7.91. The van der Waals surface area contributed by atoms with Crippen LogP contribution in [0.3, 0.4) is 0 Å². The number of benzene rings is 1. The van der Waals surface area contributed by atoms with E-state index in [4.69, 9.17) is 0 Å². The molecular formula is C18H25N3O4S. The Kier molecular flexibility index (Phi) is 5.34. The van der Waals surface area contributed by atoms with Gasteiger partial charge in [0, 0.05) is 45.3 Å². The lowest BCUT2D eigenvalue weighted by Crippen LogP contribution is -2.56. The molecule has 0 aliphatic carbocycles. The highest BCUT2D eigenvalue weighted by Gasteiger charge is 2.32. The maximum Gasteiger partial charge on any atom is 0.254 e. The molecule has 0 unspecified atom stereocenters. The molecule has 2 saturated heterocycles. The normalized spacial score (nSPS) is 23.9. The number of nitrogens with zero attached hydrogens (tertiary/aromatic N) is 3. The lowest BCUT2D eigenvalue weighted by molar-refractivity contribution is -0.137. The molecule has 2 aliphatic rings. The van der Waals surface area contributed by atoms with Gasteiger partial charge in [-0.05, 0) is 24.6 Å². The van der Waals surface area contributed by atoms with Crippen LogP contribution in [0.2, 0.25) is 0 Å². The van der Waals surface area contributed by atoms with Crippen LogP contribution >= 0.6 is 0 Å². The van der Waals surface area contributed by atoms with E-state index in [-0.39, 0.29) is 23.3 Å². The molecule has 2 fully saturated rings. The summed E-state index contributed by atoms with van der Waals surface area (Å²) >= 11 is 0. The largest absolute Gasteiger partial charge is 0.342 e. The highest BCUT2D eigenvalue weighted by atomic mass is 32.2. The highest BCUT2D eigenvalue weighted by Crippen LogP contribution is 2.16. The Bertz CT molecular complexity index is 777. The van der Waals surface area contributed by atoms with E-state index < -0.39 is 15.9 Å². The minimum absolute atomic E-state index is 0.0405. The number of amides is 2. The molecule has 1 aromatic carbocycles. The molecule has 8 heteroatoms. The van der Waals surface area contributed by atoms with E-state index in [0.717, 1.165) is 5.56 Å². The first kappa shape index (κ1) is 18.8. The van der Waals surface area contributed by atoms with E-state index in [1.165, 1.54) is 0 Å². The second kappa shape index (κ2) is 7.36. The SMILES string of the molecule is C[C@H]1C(=O)N(C)CCN1C(=O)c1ccc(CN2CCS(=O)(=O)CC2)cc1. The fraction of sp³-hybridized carbons (Fsp3) is 0.556. The Morgan fingerprint density at radius 1 is 1.08 bits per heavy atom. The number of carbonyl (C=O) groups excluding carboxylic acids is 2. The van der Waals surface area contributed by atoms with Crippen molar-refractivity contribution in [3.05, 3.63) is 35.4 Å². The van der Waals surface area contributed by atoms with Crippen molar-refractivity contribution in [2.24, 2.45) is 0 Å². The molecule has 26 heavy (non-hydrogen) atoms. The molecule has 1 atom stereocenters. The van der Waals surface area contributed by atoms with Gasteiger partial charge < -0.3 is 9.80 Å². The Hall–Kier alpha value is -1.93.